The van der Waals surface area contributed by atoms with E-state index in [-0.39, 0.29) is 17.9 Å². The summed E-state index contributed by atoms with van der Waals surface area (Å²) >= 11 is 0. The normalized spacial score (nSPS) is 27.1. The molecule has 0 bridgehead atoms. The summed E-state index contributed by atoms with van der Waals surface area (Å²) in [6.45, 7) is 5.23. The fraction of sp³-hybridized carbons (Fsp3) is 0.591. The van der Waals surface area contributed by atoms with Crippen molar-refractivity contribution in [1.29, 1.82) is 0 Å². The SMILES string of the molecule is COCCN1C(=O)c2nc3ccccc3n2CC1(C)C(=O)NC1CCC(C)CC1. The Morgan fingerprint density at radius 1 is 1.28 bits per heavy atom. The molecule has 2 heterocycles. The third-order valence-corrected chi connectivity index (χ3v) is 6.51. The van der Waals surface area contributed by atoms with Gasteiger partial charge >= 0.3 is 0 Å². The molecule has 1 N–H and O–H groups in total. The molecule has 29 heavy (non-hydrogen) atoms. The van der Waals surface area contributed by atoms with Crippen molar-refractivity contribution < 1.29 is 14.3 Å². The Morgan fingerprint density at radius 2 is 2.00 bits per heavy atom. The van der Waals surface area contributed by atoms with Crippen LogP contribution in [0.25, 0.3) is 11.0 Å². The Kier molecular flexibility index (Phi) is 5.34. The third kappa shape index (κ3) is 3.52. The highest BCUT2D eigenvalue weighted by Gasteiger charge is 2.48. The number of rotatable bonds is 5. The highest BCUT2D eigenvalue weighted by Crippen LogP contribution is 2.31. The van der Waals surface area contributed by atoms with Crippen LogP contribution in [0.2, 0.25) is 0 Å². The second-order valence-corrected chi connectivity index (χ2v) is 8.66. The molecule has 1 unspecified atom stereocenters. The van der Waals surface area contributed by atoms with Gasteiger partial charge in [-0.2, -0.15) is 0 Å². The minimum Gasteiger partial charge on any atom is -0.383 e. The molecule has 1 saturated carbocycles. The lowest BCUT2D eigenvalue weighted by Crippen LogP contribution is -2.65. The zero-order chi connectivity index (χ0) is 20.6. The number of nitrogens with one attached hydrogen (secondary N) is 1. The van der Waals surface area contributed by atoms with Crippen LogP contribution < -0.4 is 5.32 Å². The highest BCUT2D eigenvalue weighted by molar-refractivity contribution is 6.01. The molecule has 2 aliphatic rings. The van der Waals surface area contributed by atoms with Gasteiger partial charge in [0, 0.05) is 19.7 Å². The average molecular weight is 399 g/mol. The molecule has 156 valence electrons. The van der Waals surface area contributed by atoms with Gasteiger partial charge in [0.15, 0.2) is 5.82 Å². The molecule has 1 atom stereocenters. The van der Waals surface area contributed by atoms with Crippen molar-refractivity contribution in [2.75, 3.05) is 20.3 Å². The van der Waals surface area contributed by atoms with E-state index in [4.69, 9.17) is 4.74 Å². The van der Waals surface area contributed by atoms with Gasteiger partial charge in [0.25, 0.3) is 5.91 Å². The Bertz CT molecular complexity index is 916. The van der Waals surface area contributed by atoms with Crippen molar-refractivity contribution in [3.63, 3.8) is 0 Å². The van der Waals surface area contributed by atoms with Crippen molar-refractivity contribution in [2.24, 2.45) is 5.92 Å². The molecule has 2 aromatic rings. The summed E-state index contributed by atoms with van der Waals surface area (Å²) in [5.74, 6) is 0.788. The fourth-order valence-corrected chi connectivity index (χ4v) is 4.61. The van der Waals surface area contributed by atoms with E-state index in [2.05, 4.69) is 17.2 Å². The van der Waals surface area contributed by atoms with Gasteiger partial charge in [-0.05, 0) is 50.7 Å². The number of benzene rings is 1. The standard InChI is InChI=1S/C22H30N4O3/c1-15-8-10-16(11-9-15)23-21(28)22(2)14-25-18-7-5-4-6-17(18)24-19(25)20(27)26(22)12-13-29-3/h4-7,15-16H,8-14H2,1-3H3,(H,23,28). The lowest BCUT2D eigenvalue weighted by atomic mass is 9.86. The second kappa shape index (κ2) is 7.78. The summed E-state index contributed by atoms with van der Waals surface area (Å²) in [4.78, 5) is 33.0. The maximum atomic E-state index is 13.5. The molecule has 1 fully saturated rings. The Labute approximate surface area is 171 Å². The van der Waals surface area contributed by atoms with Crippen molar-refractivity contribution in [1.82, 2.24) is 19.8 Å². The van der Waals surface area contributed by atoms with E-state index < -0.39 is 5.54 Å². The lowest BCUT2D eigenvalue weighted by Gasteiger charge is -2.44. The Hall–Kier alpha value is -2.41. The van der Waals surface area contributed by atoms with E-state index in [1.54, 1.807) is 12.0 Å². The van der Waals surface area contributed by atoms with E-state index in [0.717, 1.165) is 36.7 Å². The van der Waals surface area contributed by atoms with Crippen molar-refractivity contribution in [3.05, 3.63) is 30.1 Å². The number of hydrogen-bond donors (Lipinski definition) is 1. The minimum atomic E-state index is -0.991. The zero-order valence-corrected chi connectivity index (χ0v) is 17.5. The highest BCUT2D eigenvalue weighted by atomic mass is 16.5. The van der Waals surface area contributed by atoms with Gasteiger partial charge in [0.2, 0.25) is 5.91 Å². The van der Waals surface area contributed by atoms with Crippen LogP contribution >= 0.6 is 0 Å². The van der Waals surface area contributed by atoms with Gasteiger partial charge in [-0.25, -0.2) is 4.98 Å². The summed E-state index contributed by atoms with van der Waals surface area (Å²) in [6.07, 6.45) is 4.25. The first-order valence-electron chi connectivity index (χ1n) is 10.5. The molecular formula is C22H30N4O3. The minimum absolute atomic E-state index is 0.0927. The van der Waals surface area contributed by atoms with E-state index in [9.17, 15) is 9.59 Å². The van der Waals surface area contributed by atoms with E-state index in [1.807, 2.05) is 35.8 Å². The molecule has 1 aliphatic heterocycles. The topological polar surface area (TPSA) is 76.5 Å². The molecule has 0 radical (unpaired) electrons. The second-order valence-electron chi connectivity index (χ2n) is 8.66. The van der Waals surface area contributed by atoms with Crippen LogP contribution in [0.5, 0.6) is 0 Å². The van der Waals surface area contributed by atoms with Crippen molar-refractivity contribution in [3.8, 4) is 0 Å². The molecule has 7 nitrogen and oxygen atoms in total. The van der Waals surface area contributed by atoms with Gasteiger partial charge < -0.3 is 19.5 Å². The number of imidazole rings is 1. The summed E-state index contributed by atoms with van der Waals surface area (Å²) in [6, 6.07) is 7.86. The molecule has 1 aliphatic carbocycles. The van der Waals surface area contributed by atoms with E-state index >= 15 is 0 Å². The van der Waals surface area contributed by atoms with Crippen LogP contribution in [0.15, 0.2) is 24.3 Å². The number of ether oxygens (including phenoxy) is 1. The maximum Gasteiger partial charge on any atom is 0.290 e. The molecular weight excluding hydrogens is 368 g/mol. The third-order valence-electron chi connectivity index (χ3n) is 6.51. The number of fused-ring (bicyclic) bond motifs is 3. The summed E-state index contributed by atoms with van der Waals surface area (Å²) in [5.41, 5.74) is 0.663. The van der Waals surface area contributed by atoms with Crippen molar-refractivity contribution >= 4 is 22.8 Å². The molecule has 0 spiro atoms. The summed E-state index contributed by atoms with van der Waals surface area (Å²) < 4.78 is 7.11. The number of nitrogens with zero attached hydrogens (tertiary/aromatic N) is 3. The van der Waals surface area contributed by atoms with Crippen LogP contribution in [0.3, 0.4) is 0 Å². The van der Waals surface area contributed by atoms with Gasteiger partial charge in [-0.3, -0.25) is 9.59 Å². The molecule has 2 amide bonds. The van der Waals surface area contributed by atoms with Gasteiger partial charge in [0.05, 0.1) is 24.2 Å². The first kappa shape index (κ1) is 19.9. The van der Waals surface area contributed by atoms with E-state index in [1.165, 1.54) is 0 Å². The number of aromatic nitrogens is 2. The number of para-hydroxylation sites is 2. The quantitative estimate of drug-likeness (QED) is 0.840. The number of carbonyl (C=O) groups excluding carboxylic acids is 2. The fourth-order valence-electron chi connectivity index (χ4n) is 4.61. The number of hydrogen-bond acceptors (Lipinski definition) is 4. The van der Waals surface area contributed by atoms with Crippen LogP contribution in [0.4, 0.5) is 0 Å². The Morgan fingerprint density at radius 3 is 2.72 bits per heavy atom. The lowest BCUT2D eigenvalue weighted by molar-refractivity contribution is -0.134. The summed E-state index contributed by atoms with van der Waals surface area (Å²) in [5, 5.41) is 3.24. The molecule has 7 heteroatoms. The van der Waals surface area contributed by atoms with Gasteiger partial charge in [-0.15, -0.1) is 0 Å². The first-order chi connectivity index (χ1) is 13.9. The molecule has 0 saturated heterocycles. The maximum absolute atomic E-state index is 13.5. The Balaban J connectivity index is 1.67. The van der Waals surface area contributed by atoms with Crippen LogP contribution in [0, 0.1) is 5.92 Å². The first-order valence-corrected chi connectivity index (χ1v) is 10.5. The van der Waals surface area contributed by atoms with Crippen molar-refractivity contribution in [2.45, 2.75) is 57.7 Å². The summed E-state index contributed by atoms with van der Waals surface area (Å²) in [7, 11) is 1.60. The van der Waals surface area contributed by atoms with Crippen LogP contribution in [0.1, 0.15) is 50.1 Å². The smallest absolute Gasteiger partial charge is 0.290 e. The van der Waals surface area contributed by atoms with Crippen LogP contribution in [-0.4, -0.2) is 58.1 Å². The molecule has 1 aromatic carbocycles. The predicted molar refractivity (Wildman–Crippen MR) is 111 cm³/mol. The largest absolute Gasteiger partial charge is 0.383 e. The van der Waals surface area contributed by atoms with E-state index in [0.29, 0.717) is 31.4 Å². The van der Waals surface area contributed by atoms with Gasteiger partial charge in [-0.1, -0.05) is 19.1 Å². The number of methoxy groups -OCH3 is 1. The van der Waals surface area contributed by atoms with Gasteiger partial charge in [0.1, 0.15) is 5.54 Å². The average Bonchev–Trinajstić information content (AvgIpc) is 3.08. The zero-order valence-electron chi connectivity index (χ0n) is 17.5. The molecule has 1 aromatic heterocycles. The van der Waals surface area contributed by atoms with Crippen LogP contribution in [-0.2, 0) is 16.1 Å². The predicted octanol–water partition coefficient (Wildman–Crippen LogP) is 2.59. The number of amides is 2. The number of carbonyl (C=O) groups is 2. The monoisotopic (exact) mass is 398 g/mol. The molecule has 4 rings (SSSR count).